The van der Waals surface area contributed by atoms with E-state index in [2.05, 4.69) is 10.3 Å². The quantitative estimate of drug-likeness (QED) is 0.417. The maximum Gasteiger partial charge on any atom is 0.434 e. The number of imidazole rings is 1. The van der Waals surface area contributed by atoms with Gasteiger partial charge in [0.05, 0.1) is 28.9 Å². The number of hydrogen-bond donors (Lipinski definition) is 1. The number of benzene rings is 2. The Morgan fingerprint density at radius 2 is 1.50 bits per heavy atom. The molecule has 0 amide bonds. The van der Waals surface area contributed by atoms with E-state index in [4.69, 9.17) is 5.26 Å². The van der Waals surface area contributed by atoms with Crippen molar-refractivity contribution in [1.82, 2.24) is 9.55 Å². The van der Waals surface area contributed by atoms with Crippen LogP contribution in [-0.2, 0) is 25.1 Å². The first kappa shape index (κ1) is 24.9. The standard InChI is InChI=1S/C20H10F10N4/c21-11-1-3-12(4-2-11)34-9-16(20(28,29)30)33-17(34)8-32-15-6-10(18(22,23)24)5-14(13(15)7-31)19(25,26)27/h1-6,9,32H,8H2. The van der Waals surface area contributed by atoms with Gasteiger partial charge in [-0.2, -0.15) is 44.8 Å². The number of anilines is 1. The van der Waals surface area contributed by atoms with E-state index in [0.29, 0.717) is 6.20 Å². The summed E-state index contributed by atoms with van der Waals surface area (Å²) < 4.78 is 133. The molecule has 4 nitrogen and oxygen atoms in total. The van der Waals surface area contributed by atoms with Crippen LogP contribution in [0.4, 0.5) is 49.6 Å². The van der Waals surface area contributed by atoms with E-state index in [9.17, 15) is 43.9 Å². The van der Waals surface area contributed by atoms with E-state index in [1.165, 1.54) is 6.07 Å². The first-order valence-corrected chi connectivity index (χ1v) is 8.99. The SMILES string of the molecule is N#Cc1c(NCc2nc(C(F)(F)F)cn2-c2ccc(F)cc2)cc(C(F)(F)F)cc1C(F)(F)F. The van der Waals surface area contributed by atoms with E-state index in [1.54, 1.807) is 0 Å². The summed E-state index contributed by atoms with van der Waals surface area (Å²) >= 11 is 0. The first-order valence-electron chi connectivity index (χ1n) is 8.99. The Kier molecular flexibility index (Phi) is 6.25. The van der Waals surface area contributed by atoms with Crippen LogP contribution < -0.4 is 5.32 Å². The molecule has 0 bridgehead atoms. The van der Waals surface area contributed by atoms with E-state index < -0.39 is 64.8 Å². The molecule has 0 fully saturated rings. The zero-order valence-corrected chi connectivity index (χ0v) is 16.4. The molecule has 1 aromatic heterocycles. The number of nitrogens with zero attached hydrogens (tertiary/aromatic N) is 3. The molecule has 14 heteroatoms. The van der Waals surface area contributed by atoms with Crippen LogP contribution in [0.2, 0.25) is 0 Å². The number of nitrogens with one attached hydrogen (secondary N) is 1. The van der Waals surface area contributed by atoms with E-state index in [0.717, 1.165) is 28.8 Å². The molecule has 0 aliphatic carbocycles. The third-order valence-corrected chi connectivity index (χ3v) is 4.49. The van der Waals surface area contributed by atoms with Crippen LogP contribution in [0.1, 0.15) is 28.2 Å². The molecule has 1 heterocycles. The minimum Gasteiger partial charge on any atom is -0.377 e. The second-order valence-electron chi connectivity index (χ2n) is 6.79. The molecule has 0 spiro atoms. The van der Waals surface area contributed by atoms with Gasteiger partial charge in [-0.3, -0.25) is 0 Å². The Hall–Kier alpha value is -3.76. The lowest BCUT2D eigenvalue weighted by Crippen LogP contribution is -2.16. The molecule has 0 saturated heterocycles. The van der Waals surface area contributed by atoms with Crippen molar-refractivity contribution in [1.29, 1.82) is 5.26 Å². The topological polar surface area (TPSA) is 53.6 Å². The molecule has 34 heavy (non-hydrogen) atoms. The van der Waals surface area contributed by atoms with Crippen molar-refractivity contribution in [2.24, 2.45) is 0 Å². The van der Waals surface area contributed by atoms with Crippen LogP contribution in [0.15, 0.2) is 42.6 Å². The summed E-state index contributed by atoms with van der Waals surface area (Å²) in [6.07, 6.45) is -14.9. The van der Waals surface area contributed by atoms with Crippen LogP contribution in [0.5, 0.6) is 0 Å². The molecule has 0 aliphatic rings. The van der Waals surface area contributed by atoms with Crippen molar-refractivity contribution in [3.05, 3.63) is 76.6 Å². The minimum absolute atomic E-state index is 0.0123. The van der Waals surface area contributed by atoms with Gasteiger partial charge >= 0.3 is 18.5 Å². The summed E-state index contributed by atoms with van der Waals surface area (Å²) in [5.74, 6) is -1.18. The van der Waals surface area contributed by atoms with Crippen LogP contribution in [0.3, 0.4) is 0 Å². The third-order valence-electron chi connectivity index (χ3n) is 4.49. The highest BCUT2D eigenvalue weighted by molar-refractivity contribution is 5.64. The van der Waals surface area contributed by atoms with Crippen molar-refractivity contribution in [2.45, 2.75) is 25.1 Å². The molecule has 0 atom stereocenters. The van der Waals surface area contributed by atoms with Gasteiger partial charge in [-0.05, 0) is 36.4 Å². The van der Waals surface area contributed by atoms with Gasteiger partial charge in [0.25, 0.3) is 0 Å². The lowest BCUT2D eigenvalue weighted by Gasteiger charge is -2.17. The first-order chi connectivity index (χ1) is 15.6. The van der Waals surface area contributed by atoms with Crippen LogP contribution in [0, 0.1) is 17.1 Å². The van der Waals surface area contributed by atoms with Gasteiger partial charge in [0.1, 0.15) is 17.7 Å². The molecule has 0 unspecified atom stereocenters. The summed E-state index contributed by atoms with van der Waals surface area (Å²) in [7, 11) is 0. The third kappa shape index (κ3) is 5.24. The van der Waals surface area contributed by atoms with Gasteiger partial charge in [0.2, 0.25) is 0 Å². The Morgan fingerprint density at radius 3 is 2.00 bits per heavy atom. The number of alkyl halides is 9. The molecule has 2 aromatic carbocycles. The van der Waals surface area contributed by atoms with Crippen molar-refractivity contribution < 1.29 is 43.9 Å². The zero-order chi connectivity index (χ0) is 25.5. The fraction of sp³-hybridized carbons (Fsp3) is 0.200. The Labute approximate surface area is 184 Å². The molecule has 180 valence electrons. The summed E-state index contributed by atoms with van der Waals surface area (Å²) in [5.41, 5.74) is -7.11. The van der Waals surface area contributed by atoms with Gasteiger partial charge in [-0.15, -0.1) is 0 Å². The predicted octanol–water partition coefficient (Wildman–Crippen LogP) is 6.55. The average molecular weight is 496 g/mol. The normalized spacial score (nSPS) is 12.5. The lowest BCUT2D eigenvalue weighted by atomic mass is 10.0. The summed E-state index contributed by atoms with van der Waals surface area (Å²) in [5, 5.41) is 11.3. The molecule has 0 saturated carbocycles. The van der Waals surface area contributed by atoms with Gasteiger partial charge in [0, 0.05) is 11.9 Å². The smallest absolute Gasteiger partial charge is 0.377 e. The van der Waals surface area contributed by atoms with Gasteiger partial charge in [-0.25, -0.2) is 9.37 Å². The molecule has 1 N–H and O–H groups in total. The summed E-state index contributed by atoms with van der Waals surface area (Å²) in [6, 6.07) is 5.21. The van der Waals surface area contributed by atoms with Crippen molar-refractivity contribution >= 4 is 5.69 Å². The monoisotopic (exact) mass is 496 g/mol. The molecule has 0 radical (unpaired) electrons. The molecular weight excluding hydrogens is 486 g/mol. The summed E-state index contributed by atoms with van der Waals surface area (Å²) in [4.78, 5) is 3.35. The Balaban J connectivity index is 2.09. The van der Waals surface area contributed by atoms with Crippen molar-refractivity contribution in [3.8, 4) is 11.8 Å². The van der Waals surface area contributed by atoms with Crippen LogP contribution in [-0.4, -0.2) is 9.55 Å². The van der Waals surface area contributed by atoms with Crippen molar-refractivity contribution in [2.75, 3.05) is 5.32 Å². The fourth-order valence-corrected chi connectivity index (χ4v) is 2.97. The number of aromatic nitrogens is 2. The highest BCUT2D eigenvalue weighted by atomic mass is 19.4. The van der Waals surface area contributed by atoms with E-state index in [-0.39, 0.29) is 17.8 Å². The Morgan fingerprint density at radius 1 is 0.882 bits per heavy atom. The van der Waals surface area contributed by atoms with Gasteiger partial charge < -0.3 is 9.88 Å². The predicted molar refractivity (Wildman–Crippen MR) is 97.0 cm³/mol. The molecule has 3 rings (SSSR count). The largest absolute Gasteiger partial charge is 0.434 e. The van der Waals surface area contributed by atoms with Crippen LogP contribution in [0.25, 0.3) is 5.69 Å². The van der Waals surface area contributed by atoms with E-state index >= 15 is 0 Å². The maximum atomic E-state index is 13.3. The minimum atomic E-state index is -5.32. The molecular formula is C20H10F10N4. The summed E-state index contributed by atoms with van der Waals surface area (Å²) in [6.45, 7) is -0.805. The zero-order valence-electron chi connectivity index (χ0n) is 16.4. The number of halogens is 10. The lowest BCUT2D eigenvalue weighted by molar-refractivity contribution is -0.143. The highest BCUT2D eigenvalue weighted by Crippen LogP contribution is 2.40. The van der Waals surface area contributed by atoms with E-state index in [1.807, 2.05) is 0 Å². The van der Waals surface area contributed by atoms with Gasteiger partial charge in [-0.1, -0.05) is 0 Å². The maximum absolute atomic E-state index is 13.3. The van der Waals surface area contributed by atoms with Crippen molar-refractivity contribution in [3.63, 3.8) is 0 Å². The number of hydrogen-bond acceptors (Lipinski definition) is 3. The fourth-order valence-electron chi connectivity index (χ4n) is 2.97. The second kappa shape index (κ2) is 8.54. The average Bonchev–Trinajstić information content (AvgIpc) is 3.15. The number of rotatable bonds is 4. The van der Waals surface area contributed by atoms with Gasteiger partial charge in [0.15, 0.2) is 5.69 Å². The second-order valence-corrected chi connectivity index (χ2v) is 6.79. The Bertz CT molecular complexity index is 1230. The van der Waals surface area contributed by atoms with Crippen LogP contribution >= 0.6 is 0 Å². The molecule has 3 aromatic rings. The highest BCUT2D eigenvalue weighted by Gasteiger charge is 2.40. The molecule has 0 aliphatic heterocycles. The number of nitriles is 1.